The second-order valence-corrected chi connectivity index (χ2v) is 5.01. The summed E-state index contributed by atoms with van der Waals surface area (Å²) in [7, 11) is 0. The third-order valence-electron chi connectivity index (χ3n) is 3.56. The van der Waals surface area contributed by atoms with Crippen LogP contribution in [0.1, 0.15) is 25.7 Å². The normalized spacial score (nSPS) is 21.6. The molecule has 0 radical (unpaired) electrons. The molecule has 1 aromatic heterocycles. The molecule has 1 aromatic rings. The highest BCUT2D eigenvalue weighted by Gasteiger charge is 2.33. The van der Waals surface area contributed by atoms with Crippen molar-refractivity contribution in [1.82, 2.24) is 20.4 Å². The Morgan fingerprint density at radius 2 is 2.25 bits per heavy atom. The molecule has 0 aliphatic heterocycles. The molecular weight excluding hydrogens is 260 g/mol. The molecule has 1 fully saturated rings. The van der Waals surface area contributed by atoms with Gasteiger partial charge in [0.1, 0.15) is 0 Å². The molecule has 0 saturated heterocycles. The molecule has 0 bridgehead atoms. The Balaban J connectivity index is 1.64. The monoisotopic (exact) mass is 280 g/mol. The van der Waals surface area contributed by atoms with Crippen molar-refractivity contribution in [2.45, 2.75) is 38.3 Å². The van der Waals surface area contributed by atoms with Crippen LogP contribution in [0.2, 0.25) is 0 Å². The van der Waals surface area contributed by atoms with Gasteiger partial charge >= 0.3 is 12.0 Å². The topological polar surface area (TPSA) is 96.3 Å². The molecule has 1 aliphatic rings. The first-order valence-electron chi connectivity index (χ1n) is 6.91. The summed E-state index contributed by atoms with van der Waals surface area (Å²) in [5.74, 6) is -1.28. The van der Waals surface area contributed by atoms with E-state index in [1.54, 1.807) is 10.9 Å². The minimum Gasteiger partial charge on any atom is -0.481 e. The van der Waals surface area contributed by atoms with Crippen LogP contribution in [0.5, 0.6) is 0 Å². The van der Waals surface area contributed by atoms with Gasteiger partial charge in [0.05, 0.1) is 5.92 Å². The van der Waals surface area contributed by atoms with Gasteiger partial charge in [-0.2, -0.15) is 5.10 Å². The lowest BCUT2D eigenvalue weighted by Gasteiger charge is -2.17. The second kappa shape index (κ2) is 6.93. The van der Waals surface area contributed by atoms with E-state index in [4.69, 9.17) is 5.11 Å². The van der Waals surface area contributed by atoms with Crippen LogP contribution in [-0.4, -0.2) is 39.5 Å². The van der Waals surface area contributed by atoms with Crippen LogP contribution in [-0.2, 0) is 11.3 Å². The number of urea groups is 1. The maximum absolute atomic E-state index is 11.7. The number of carbonyl (C=O) groups is 2. The molecule has 2 atom stereocenters. The van der Waals surface area contributed by atoms with E-state index in [-0.39, 0.29) is 12.1 Å². The third kappa shape index (κ3) is 3.97. The fourth-order valence-corrected chi connectivity index (χ4v) is 2.52. The molecule has 1 aliphatic carbocycles. The van der Waals surface area contributed by atoms with Gasteiger partial charge in [-0.15, -0.1) is 0 Å². The number of nitrogens with zero attached hydrogens (tertiary/aromatic N) is 2. The van der Waals surface area contributed by atoms with E-state index in [1.807, 2.05) is 12.3 Å². The smallest absolute Gasteiger partial charge is 0.315 e. The number of hydrogen-bond donors (Lipinski definition) is 3. The Hall–Kier alpha value is -2.05. The van der Waals surface area contributed by atoms with E-state index < -0.39 is 11.9 Å². The highest BCUT2D eigenvalue weighted by Crippen LogP contribution is 2.25. The lowest BCUT2D eigenvalue weighted by Crippen LogP contribution is -2.45. The minimum atomic E-state index is -0.827. The zero-order chi connectivity index (χ0) is 14.4. The molecule has 110 valence electrons. The number of aryl methyl sites for hydroxylation is 1. The van der Waals surface area contributed by atoms with E-state index in [2.05, 4.69) is 15.7 Å². The van der Waals surface area contributed by atoms with Crippen molar-refractivity contribution in [1.29, 1.82) is 0 Å². The van der Waals surface area contributed by atoms with Crippen LogP contribution < -0.4 is 10.6 Å². The van der Waals surface area contributed by atoms with Gasteiger partial charge in [0.2, 0.25) is 0 Å². The van der Waals surface area contributed by atoms with Gasteiger partial charge in [0.25, 0.3) is 0 Å². The summed E-state index contributed by atoms with van der Waals surface area (Å²) >= 11 is 0. The summed E-state index contributed by atoms with van der Waals surface area (Å²) in [4.78, 5) is 22.7. The Labute approximate surface area is 117 Å². The van der Waals surface area contributed by atoms with Crippen molar-refractivity contribution < 1.29 is 14.7 Å². The summed E-state index contributed by atoms with van der Waals surface area (Å²) < 4.78 is 1.80. The Morgan fingerprint density at radius 1 is 1.40 bits per heavy atom. The molecule has 1 saturated carbocycles. The van der Waals surface area contributed by atoms with Crippen molar-refractivity contribution >= 4 is 12.0 Å². The van der Waals surface area contributed by atoms with Gasteiger partial charge < -0.3 is 15.7 Å². The van der Waals surface area contributed by atoms with Crippen molar-refractivity contribution in [3.63, 3.8) is 0 Å². The fourth-order valence-electron chi connectivity index (χ4n) is 2.52. The quantitative estimate of drug-likeness (QED) is 0.672. The van der Waals surface area contributed by atoms with E-state index >= 15 is 0 Å². The number of hydrogen-bond acceptors (Lipinski definition) is 3. The van der Waals surface area contributed by atoms with Gasteiger partial charge in [-0.05, 0) is 25.3 Å². The first kappa shape index (κ1) is 14.4. The highest BCUT2D eigenvalue weighted by atomic mass is 16.4. The SMILES string of the molecule is O=C(NCCCn1cccn1)NC1CCCC1C(=O)O. The molecule has 0 spiro atoms. The Kier molecular flexibility index (Phi) is 4.97. The molecular formula is C13H20N4O3. The van der Waals surface area contributed by atoms with Crippen LogP contribution in [0.25, 0.3) is 0 Å². The van der Waals surface area contributed by atoms with Crippen LogP contribution in [0, 0.1) is 5.92 Å². The molecule has 2 rings (SSSR count). The van der Waals surface area contributed by atoms with Crippen LogP contribution in [0.15, 0.2) is 18.5 Å². The third-order valence-corrected chi connectivity index (χ3v) is 3.56. The van der Waals surface area contributed by atoms with Gasteiger partial charge in [-0.25, -0.2) is 4.79 Å². The summed E-state index contributed by atoms with van der Waals surface area (Å²) in [5, 5.41) is 18.6. The van der Waals surface area contributed by atoms with E-state index in [0.29, 0.717) is 13.0 Å². The van der Waals surface area contributed by atoms with Gasteiger partial charge in [0.15, 0.2) is 0 Å². The maximum atomic E-state index is 11.7. The van der Waals surface area contributed by atoms with Crippen molar-refractivity contribution in [2.75, 3.05) is 6.54 Å². The molecule has 2 unspecified atom stereocenters. The number of aliphatic carboxylic acids is 1. The number of carbonyl (C=O) groups excluding carboxylic acids is 1. The van der Waals surface area contributed by atoms with Crippen LogP contribution >= 0.6 is 0 Å². The van der Waals surface area contributed by atoms with Crippen molar-refractivity contribution in [3.05, 3.63) is 18.5 Å². The van der Waals surface area contributed by atoms with Gasteiger partial charge in [-0.1, -0.05) is 6.42 Å². The van der Waals surface area contributed by atoms with Crippen LogP contribution in [0.3, 0.4) is 0 Å². The average Bonchev–Trinajstić information content (AvgIpc) is 3.05. The Morgan fingerprint density at radius 3 is 2.95 bits per heavy atom. The lowest BCUT2D eigenvalue weighted by molar-refractivity contribution is -0.142. The van der Waals surface area contributed by atoms with Gasteiger partial charge in [0, 0.05) is 31.5 Å². The predicted molar refractivity (Wildman–Crippen MR) is 72.1 cm³/mol. The summed E-state index contributed by atoms with van der Waals surface area (Å²) in [6, 6.07) is 1.31. The summed E-state index contributed by atoms with van der Waals surface area (Å²) in [6.07, 6.45) is 6.59. The maximum Gasteiger partial charge on any atom is 0.315 e. The number of nitrogens with one attached hydrogen (secondary N) is 2. The molecule has 20 heavy (non-hydrogen) atoms. The van der Waals surface area contributed by atoms with E-state index in [0.717, 1.165) is 25.8 Å². The molecule has 7 nitrogen and oxygen atoms in total. The summed E-state index contributed by atoms with van der Waals surface area (Å²) in [6.45, 7) is 1.28. The number of carboxylic acid groups (broad SMARTS) is 1. The molecule has 3 N–H and O–H groups in total. The average molecular weight is 280 g/mol. The second-order valence-electron chi connectivity index (χ2n) is 5.01. The number of amides is 2. The number of aromatic nitrogens is 2. The molecule has 0 aromatic carbocycles. The van der Waals surface area contributed by atoms with E-state index in [1.165, 1.54) is 0 Å². The lowest BCUT2D eigenvalue weighted by atomic mass is 10.0. The highest BCUT2D eigenvalue weighted by molar-refractivity contribution is 5.76. The van der Waals surface area contributed by atoms with Crippen molar-refractivity contribution in [3.8, 4) is 0 Å². The van der Waals surface area contributed by atoms with E-state index in [9.17, 15) is 9.59 Å². The van der Waals surface area contributed by atoms with Crippen molar-refractivity contribution in [2.24, 2.45) is 5.92 Å². The number of carboxylic acids is 1. The predicted octanol–water partition coefficient (Wildman–Crippen LogP) is 0.826. The summed E-state index contributed by atoms with van der Waals surface area (Å²) in [5.41, 5.74) is 0. The molecule has 1 heterocycles. The molecule has 2 amide bonds. The molecule has 7 heteroatoms. The van der Waals surface area contributed by atoms with Gasteiger partial charge in [-0.3, -0.25) is 9.48 Å². The zero-order valence-electron chi connectivity index (χ0n) is 11.3. The Bertz CT molecular complexity index is 446. The first-order valence-corrected chi connectivity index (χ1v) is 6.91. The minimum absolute atomic E-state index is 0.251. The first-order chi connectivity index (χ1) is 9.66. The fraction of sp³-hybridized carbons (Fsp3) is 0.615. The largest absolute Gasteiger partial charge is 0.481 e. The standard InChI is InChI=1S/C13H20N4O3/c18-12(19)10-4-1-5-11(10)16-13(20)14-6-2-8-17-9-3-7-15-17/h3,7,9-11H,1-2,4-6,8H2,(H,18,19)(H2,14,16,20). The van der Waals surface area contributed by atoms with Crippen LogP contribution in [0.4, 0.5) is 4.79 Å². The zero-order valence-corrected chi connectivity index (χ0v) is 11.3. The number of rotatable bonds is 6.